The van der Waals surface area contributed by atoms with E-state index in [1.807, 2.05) is 0 Å². The molecule has 0 aliphatic carbocycles. The van der Waals surface area contributed by atoms with Crippen LogP contribution in [0, 0.1) is 0 Å². The van der Waals surface area contributed by atoms with E-state index in [9.17, 15) is 30.3 Å². The first-order valence-electron chi connectivity index (χ1n) is 29.5. The lowest BCUT2D eigenvalue weighted by Gasteiger charge is -2.40. The topological polar surface area (TPSA) is 149 Å². The lowest BCUT2D eigenvalue weighted by Crippen LogP contribution is -2.60. The van der Waals surface area contributed by atoms with Crippen LogP contribution in [-0.4, -0.2) is 87.5 Å². The van der Waals surface area contributed by atoms with Gasteiger partial charge in [-0.2, -0.15) is 0 Å². The summed E-state index contributed by atoms with van der Waals surface area (Å²) < 4.78 is 11.2. The van der Waals surface area contributed by atoms with Crippen LogP contribution in [-0.2, 0) is 14.3 Å². The summed E-state index contributed by atoms with van der Waals surface area (Å²) in [6.07, 6.45) is 61.9. The highest BCUT2D eigenvalue weighted by molar-refractivity contribution is 5.76. The molecule has 1 aliphatic heterocycles. The van der Waals surface area contributed by atoms with Crippen molar-refractivity contribution in [3.63, 3.8) is 0 Å². The summed E-state index contributed by atoms with van der Waals surface area (Å²) in [6, 6.07) is -0.714. The van der Waals surface area contributed by atoms with Gasteiger partial charge in [-0.05, 0) is 57.8 Å². The summed E-state index contributed by atoms with van der Waals surface area (Å²) in [5.74, 6) is -0.147. The Balaban J connectivity index is 1.93. The van der Waals surface area contributed by atoms with Gasteiger partial charge >= 0.3 is 0 Å². The molecule has 6 N–H and O–H groups in total. The summed E-state index contributed by atoms with van der Waals surface area (Å²) in [5.41, 5.74) is 0. The second-order valence-electron chi connectivity index (χ2n) is 20.4. The Hall–Kier alpha value is -2.11. The van der Waals surface area contributed by atoms with Crippen LogP contribution in [0.25, 0.3) is 0 Å². The van der Waals surface area contributed by atoms with Gasteiger partial charge in [0.25, 0.3) is 0 Å². The van der Waals surface area contributed by atoms with Crippen molar-refractivity contribution in [3.05, 3.63) is 60.8 Å². The first kappa shape index (κ1) is 65.9. The van der Waals surface area contributed by atoms with Gasteiger partial charge in [-0.15, -0.1) is 0 Å². The standard InChI is InChI=1S/C61H111NO8/c1-3-5-7-9-11-12-13-14-15-16-17-18-19-20-21-22-23-24-25-26-27-28-29-30-31-32-33-34-35-36-37-38-39-40-41-42-43-44-45-47-49-51-57(65)62-54(55(64)50-48-46-10-8-6-4-2)53-69-61-60(68)59(67)58(66)56(52-63)70-61/h5,7,11-12,14-15,17-18,20-21,54-56,58-61,63-64,66-68H,3-4,6,8-10,13,16,19,22-53H2,1-2H3,(H,62,65)/b7-5-,12-11-,15-14-,18-17-,21-20-. The van der Waals surface area contributed by atoms with E-state index >= 15 is 0 Å². The number of ether oxygens (including phenoxy) is 2. The summed E-state index contributed by atoms with van der Waals surface area (Å²) in [4.78, 5) is 12.9. The molecule has 70 heavy (non-hydrogen) atoms. The summed E-state index contributed by atoms with van der Waals surface area (Å²) >= 11 is 0. The minimum Gasteiger partial charge on any atom is -0.394 e. The summed E-state index contributed by atoms with van der Waals surface area (Å²) in [6.45, 7) is 3.66. The number of hydrogen-bond donors (Lipinski definition) is 6. The molecule has 1 amide bonds. The minimum absolute atomic E-state index is 0.137. The Labute approximate surface area is 430 Å². The molecule has 1 aliphatic rings. The molecule has 0 aromatic carbocycles. The predicted octanol–water partition coefficient (Wildman–Crippen LogP) is 14.7. The molecule has 0 saturated carbocycles. The van der Waals surface area contributed by atoms with E-state index in [2.05, 4.69) is 79.9 Å². The fourth-order valence-corrected chi connectivity index (χ4v) is 9.25. The van der Waals surface area contributed by atoms with Crippen molar-refractivity contribution in [2.45, 2.75) is 307 Å². The van der Waals surface area contributed by atoms with Gasteiger partial charge in [0, 0.05) is 6.42 Å². The first-order chi connectivity index (χ1) is 34.3. The molecule has 408 valence electrons. The van der Waals surface area contributed by atoms with Crippen molar-refractivity contribution in [1.29, 1.82) is 0 Å². The van der Waals surface area contributed by atoms with Gasteiger partial charge in [-0.3, -0.25) is 4.79 Å². The Bertz CT molecular complexity index is 1280. The summed E-state index contributed by atoms with van der Waals surface area (Å²) in [5, 5.41) is 54.1. The highest BCUT2D eigenvalue weighted by atomic mass is 16.7. The van der Waals surface area contributed by atoms with E-state index in [-0.39, 0.29) is 12.5 Å². The Morgan fingerprint density at radius 2 is 0.886 bits per heavy atom. The van der Waals surface area contributed by atoms with E-state index in [0.717, 1.165) is 70.6 Å². The van der Waals surface area contributed by atoms with Gasteiger partial charge < -0.3 is 40.3 Å². The molecular weight excluding hydrogens is 875 g/mol. The van der Waals surface area contributed by atoms with Crippen molar-refractivity contribution in [2.24, 2.45) is 0 Å². The lowest BCUT2D eigenvalue weighted by molar-refractivity contribution is -0.302. The molecule has 0 radical (unpaired) electrons. The SMILES string of the molecule is CC/C=C\C/C=C\C/C=C\C/C=C\C/C=C\CCCCCCCCCCCCCCCCCCCCCCCCCCCC(=O)NC(COC1OC(CO)C(O)C(O)C1O)C(O)CCCCCCCC. The number of unbranched alkanes of at least 4 members (excludes halogenated alkanes) is 30. The molecule has 7 atom stereocenters. The number of carbonyl (C=O) groups excluding carboxylic acids is 1. The zero-order chi connectivity index (χ0) is 50.8. The summed E-state index contributed by atoms with van der Waals surface area (Å²) in [7, 11) is 0. The molecule has 0 aromatic rings. The third-order valence-electron chi connectivity index (χ3n) is 13.9. The molecule has 1 fully saturated rings. The highest BCUT2D eigenvalue weighted by Gasteiger charge is 2.44. The third-order valence-corrected chi connectivity index (χ3v) is 13.9. The van der Waals surface area contributed by atoms with Crippen LogP contribution in [0.4, 0.5) is 0 Å². The van der Waals surface area contributed by atoms with E-state index in [4.69, 9.17) is 9.47 Å². The Morgan fingerprint density at radius 3 is 1.31 bits per heavy atom. The van der Waals surface area contributed by atoms with Crippen LogP contribution < -0.4 is 5.32 Å². The number of amides is 1. The van der Waals surface area contributed by atoms with Crippen LogP contribution in [0.5, 0.6) is 0 Å². The van der Waals surface area contributed by atoms with Crippen LogP contribution in [0.15, 0.2) is 60.8 Å². The van der Waals surface area contributed by atoms with E-state index in [1.54, 1.807) is 0 Å². The van der Waals surface area contributed by atoms with Crippen molar-refractivity contribution >= 4 is 5.91 Å². The second kappa shape index (κ2) is 50.4. The molecule has 1 saturated heterocycles. The molecule has 1 rings (SSSR count). The smallest absolute Gasteiger partial charge is 0.220 e. The highest BCUT2D eigenvalue weighted by Crippen LogP contribution is 2.23. The zero-order valence-electron chi connectivity index (χ0n) is 45.3. The number of hydrogen-bond acceptors (Lipinski definition) is 8. The second-order valence-corrected chi connectivity index (χ2v) is 20.4. The first-order valence-corrected chi connectivity index (χ1v) is 29.5. The molecule has 9 nitrogen and oxygen atoms in total. The van der Waals surface area contributed by atoms with Crippen LogP contribution >= 0.6 is 0 Å². The number of nitrogens with one attached hydrogen (secondary N) is 1. The monoisotopic (exact) mass is 986 g/mol. The van der Waals surface area contributed by atoms with Crippen LogP contribution in [0.2, 0.25) is 0 Å². The number of aliphatic hydroxyl groups excluding tert-OH is 5. The maximum absolute atomic E-state index is 12.9. The maximum Gasteiger partial charge on any atom is 0.220 e. The lowest BCUT2D eigenvalue weighted by atomic mass is 9.99. The molecule has 0 aromatic heterocycles. The van der Waals surface area contributed by atoms with E-state index < -0.39 is 49.5 Å². The van der Waals surface area contributed by atoms with E-state index in [1.165, 1.54) is 167 Å². The predicted molar refractivity (Wildman–Crippen MR) is 295 cm³/mol. The average Bonchev–Trinajstić information content (AvgIpc) is 3.36. The molecule has 0 spiro atoms. The molecule has 0 bridgehead atoms. The largest absolute Gasteiger partial charge is 0.394 e. The van der Waals surface area contributed by atoms with Gasteiger partial charge in [0.2, 0.25) is 5.91 Å². The number of aliphatic hydroxyl groups is 5. The van der Waals surface area contributed by atoms with Gasteiger partial charge in [0.05, 0.1) is 25.4 Å². The zero-order valence-corrected chi connectivity index (χ0v) is 45.3. The Kier molecular flexibility index (Phi) is 47.5. The maximum atomic E-state index is 12.9. The molecule has 7 unspecified atom stereocenters. The molecule has 1 heterocycles. The number of carbonyl (C=O) groups is 1. The Morgan fingerprint density at radius 1 is 0.500 bits per heavy atom. The average molecular weight is 987 g/mol. The fraction of sp³-hybridized carbons (Fsp3) is 0.820. The van der Waals surface area contributed by atoms with Crippen LogP contribution in [0.1, 0.15) is 264 Å². The van der Waals surface area contributed by atoms with Gasteiger partial charge in [-0.25, -0.2) is 0 Å². The minimum atomic E-state index is -1.55. The normalized spacial score (nSPS) is 19.8. The van der Waals surface area contributed by atoms with Crippen LogP contribution in [0.3, 0.4) is 0 Å². The fourth-order valence-electron chi connectivity index (χ4n) is 9.25. The van der Waals surface area contributed by atoms with Crippen molar-refractivity contribution in [3.8, 4) is 0 Å². The van der Waals surface area contributed by atoms with Gasteiger partial charge in [0.15, 0.2) is 6.29 Å². The quantitative estimate of drug-likeness (QED) is 0.0261. The van der Waals surface area contributed by atoms with Gasteiger partial charge in [-0.1, -0.05) is 261 Å². The van der Waals surface area contributed by atoms with Gasteiger partial charge in [0.1, 0.15) is 24.4 Å². The van der Waals surface area contributed by atoms with Crippen molar-refractivity contribution < 1.29 is 39.8 Å². The molecule has 9 heteroatoms. The van der Waals surface area contributed by atoms with Crippen molar-refractivity contribution in [1.82, 2.24) is 5.32 Å². The third kappa shape index (κ3) is 39.4. The molecular formula is C61H111NO8. The number of rotatable bonds is 50. The van der Waals surface area contributed by atoms with Crippen molar-refractivity contribution in [2.75, 3.05) is 13.2 Å². The number of allylic oxidation sites excluding steroid dienone is 10. The van der Waals surface area contributed by atoms with E-state index in [0.29, 0.717) is 12.8 Å².